The molecule has 0 aromatic heterocycles. The molecule has 0 amide bonds. The van der Waals surface area contributed by atoms with Crippen molar-refractivity contribution in [2.45, 2.75) is 18.8 Å². The second kappa shape index (κ2) is 5.32. The molecule has 0 aliphatic heterocycles. The molecule has 1 heteroatoms. The van der Waals surface area contributed by atoms with Crippen LogP contribution in [0.2, 0.25) is 0 Å². The molecule has 2 atom stereocenters. The molecule has 0 N–H and O–H groups in total. The molecule has 0 saturated carbocycles. The van der Waals surface area contributed by atoms with E-state index in [4.69, 9.17) is 0 Å². The maximum Gasteiger partial charge on any atom is 0.0778 e. The third kappa shape index (κ3) is 2.54. The molecule has 0 fully saturated rings. The van der Waals surface area contributed by atoms with Gasteiger partial charge in [-0.2, -0.15) is 5.26 Å². The minimum absolute atomic E-state index is 0.0846. The topological polar surface area (TPSA) is 23.8 Å². The highest BCUT2D eigenvalue weighted by Gasteiger charge is 2.19. The van der Waals surface area contributed by atoms with Gasteiger partial charge in [-0.25, -0.2) is 0 Å². The quantitative estimate of drug-likeness (QED) is 0.765. The lowest BCUT2D eigenvalue weighted by Crippen LogP contribution is -2.06. The Balaban J connectivity index is 2.30. The Kier molecular flexibility index (Phi) is 3.57. The van der Waals surface area contributed by atoms with E-state index in [2.05, 4.69) is 25.1 Å². The van der Waals surface area contributed by atoms with Gasteiger partial charge in [0.1, 0.15) is 0 Å². The minimum atomic E-state index is -0.0846. The fourth-order valence-corrected chi connectivity index (χ4v) is 2.08. The van der Waals surface area contributed by atoms with Crippen molar-refractivity contribution in [3.05, 3.63) is 71.8 Å². The Hall–Kier alpha value is -2.07. The van der Waals surface area contributed by atoms with E-state index < -0.39 is 0 Å². The SMILES string of the molecule is C[C@@H](c1ccccc1)[C@@H](C#N)c1ccccc1. The van der Waals surface area contributed by atoms with E-state index in [0.29, 0.717) is 0 Å². The third-order valence-electron chi connectivity index (χ3n) is 3.12. The van der Waals surface area contributed by atoms with Crippen molar-refractivity contribution in [2.24, 2.45) is 0 Å². The minimum Gasteiger partial charge on any atom is -0.198 e. The molecule has 0 aliphatic carbocycles. The van der Waals surface area contributed by atoms with Gasteiger partial charge in [0.05, 0.1) is 12.0 Å². The Bertz CT molecular complexity index is 496. The average molecular weight is 221 g/mol. The molecule has 84 valence electrons. The van der Waals surface area contributed by atoms with Gasteiger partial charge in [0.25, 0.3) is 0 Å². The summed E-state index contributed by atoms with van der Waals surface area (Å²) in [4.78, 5) is 0. The predicted molar refractivity (Wildman–Crippen MR) is 69.7 cm³/mol. The Morgan fingerprint density at radius 2 is 1.29 bits per heavy atom. The summed E-state index contributed by atoms with van der Waals surface area (Å²) in [6.45, 7) is 2.11. The van der Waals surface area contributed by atoms with Crippen LogP contribution in [0, 0.1) is 11.3 Å². The summed E-state index contributed by atoms with van der Waals surface area (Å²) >= 11 is 0. The lowest BCUT2D eigenvalue weighted by molar-refractivity contribution is 0.687. The number of rotatable bonds is 3. The Morgan fingerprint density at radius 3 is 1.76 bits per heavy atom. The molecule has 1 nitrogen and oxygen atoms in total. The van der Waals surface area contributed by atoms with Crippen molar-refractivity contribution in [1.82, 2.24) is 0 Å². The van der Waals surface area contributed by atoms with Gasteiger partial charge < -0.3 is 0 Å². The standard InChI is InChI=1S/C16H15N/c1-13(14-8-4-2-5-9-14)16(12-17)15-10-6-3-7-11-15/h2-11,13,16H,1H3/t13-,16+/m0/s1. The van der Waals surface area contributed by atoms with Crippen LogP contribution in [0.3, 0.4) is 0 Å². The average Bonchev–Trinajstić information content (AvgIpc) is 2.42. The molecule has 0 radical (unpaired) electrons. The van der Waals surface area contributed by atoms with Crippen molar-refractivity contribution in [3.63, 3.8) is 0 Å². The van der Waals surface area contributed by atoms with Crippen molar-refractivity contribution in [2.75, 3.05) is 0 Å². The van der Waals surface area contributed by atoms with E-state index >= 15 is 0 Å². The highest BCUT2D eigenvalue weighted by Crippen LogP contribution is 2.31. The van der Waals surface area contributed by atoms with Crippen molar-refractivity contribution in [3.8, 4) is 6.07 Å². The largest absolute Gasteiger partial charge is 0.198 e. The van der Waals surface area contributed by atoms with Crippen LogP contribution in [0.25, 0.3) is 0 Å². The summed E-state index contributed by atoms with van der Waals surface area (Å²) < 4.78 is 0. The first-order chi connectivity index (χ1) is 8.33. The molecule has 0 aliphatic rings. The van der Waals surface area contributed by atoms with Crippen LogP contribution in [0.5, 0.6) is 0 Å². The van der Waals surface area contributed by atoms with Crippen LogP contribution < -0.4 is 0 Å². The van der Waals surface area contributed by atoms with Gasteiger partial charge >= 0.3 is 0 Å². The smallest absolute Gasteiger partial charge is 0.0778 e. The fourth-order valence-electron chi connectivity index (χ4n) is 2.08. The lowest BCUT2D eigenvalue weighted by atomic mass is 9.84. The number of hydrogen-bond acceptors (Lipinski definition) is 1. The summed E-state index contributed by atoms with van der Waals surface area (Å²) in [6, 6.07) is 22.6. The molecule has 2 aromatic carbocycles. The molecule has 0 saturated heterocycles. The van der Waals surface area contributed by atoms with Crippen LogP contribution in [0.1, 0.15) is 29.9 Å². The number of nitriles is 1. The normalized spacial score (nSPS) is 13.6. The van der Waals surface area contributed by atoms with Gasteiger partial charge in [0.15, 0.2) is 0 Å². The van der Waals surface area contributed by atoms with Crippen LogP contribution in [-0.2, 0) is 0 Å². The molecule has 0 unspecified atom stereocenters. The summed E-state index contributed by atoms with van der Waals surface area (Å²) in [7, 11) is 0. The molecule has 0 bridgehead atoms. The second-order valence-electron chi connectivity index (χ2n) is 4.22. The molecular weight excluding hydrogens is 206 g/mol. The monoisotopic (exact) mass is 221 g/mol. The zero-order valence-electron chi connectivity index (χ0n) is 9.88. The molecule has 2 aromatic rings. The zero-order chi connectivity index (χ0) is 12.1. The molecule has 0 heterocycles. The number of benzene rings is 2. The maximum atomic E-state index is 9.36. The number of hydrogen-bond donors (Lipinski definition) is 0. The predicted octanol–water partition coefficient (Wildman–Crippen LogP) is 4.10. The molecule has 2 rings (SSSR count). The van der Waals surface area contributed by atoms with Crippen molar-refractivity contribution in [1.29, 1.82) is 5.26 Å². The van der Waals surface area contributed by atoms with E-state index in [1.54, 1.807) is 0 Å². The second-order valence-corrected chi connectivity index (χ2v) is 4.22. The summed E-state index contributed by atoms with van der Waals surface area (Å²) in [5.74, 6) is 0.127. The van der Waals surface area contributed by atoms with Crippen LogP contribution in [-0.4, -0.2) is 0 Å². The highest BCUT2D eigenvalue weighted by atomic mass is 14.3. The van der Waals surface area contributed by atoms with E-state index in [1.807, 2.05) is 48.5 Å². The van der Waals surface area contributed by atoms with Gasteiger partial charge in [-0.05, 0) is 11.1 Å². The first-order valence-electron chi connectivity index (χ1n) is 5.82. The zero-order valence-corrected chi connectivity index (χ0v) is 9.88. The highest BCUT2D eigenvalue weighted by molar-refractivity contribution is 5.32. The Morgan fingerprint density at radius 1 is 0.824 bits per heavy atom. The first-order valence-corrected chi connectivity index (χ1v) is 5.82. The van der Waals surface area contributed by atoms with Gasteiger partial charge in [-0.3, -0.25) is 0 Å². The van der Waals surface area contributed by atoms with Gasteiger partial charge in [-0.1, -0.05) is 67.6 Å². The van der Waals surface area contributed by atoms with Crippen molar-refractivity contribution >= 4 is 0 Å². The Labute approximate surface area is 102 Å². The first kappa shape index (κ1) is 11.4. The summed E-state index contributed by atoms with van der Waals surface area (Å²) in [5, 5.41) is 9.36. The van der Waals surface area contributed by atoms with E-state index in [9.17, 15) is 5.26 Å². The van der Waals surface area contributed by atoms with E-state index in [-0.39, 0.29) is 11.8 Å². The lowest BCUT2D eigenvalue weighted by Gasteiger charge is -2.18. The summed E-state index contributed by atoms with van der Waals surface area (Å²) in [5.41, 5.74) is 2.30. The molecular formula is C16H15N. The van der Waals surface area contributed by atoms with E-state index in [1.165, 1.54) is 5.56 Å². The third-order valence-corrected chi connectivity index (χ3v) is 3.12. The molecule has 17 heavy (non-hydrogen) atoms. The van der Waals surface area contributed by atoms with Crippen LogP contribution in [0.4, 0.5) is 0 Å². The number of nitrogens with zero attached hydrogens (tertiary/aromatic N) is 1. The van der Waals surface area contributed by atoms with Gasteiger partial charge in [0, 0.05) is 5.92 Å². The maximum absolute atomic E-state index is 9.36. The molecule has 0 spiro atoms. The summed E-state index contributed by atoms with van der Waals surface area (Å²) in [6.07, 6.45) is 0. The van der Waals surface area contributed by atoms with Gasteiger partial charge in [0.2, 0.25) is 0 Å². The van der Waals surface area contributed by atoms with Gasteiger partial charge in [-0.15, -0.1) is 0 Å². The fraction of sp³-hybridized carbons (Fsp3) is 0.188. The van der Waals surface area contributed by atoms with E-state index in [0.717, 1.165) is 5.56 Å². The van der Waals surface area contributed by atoms with Crippen LogP contribution >= 0.6 is 0 Å². The van der Waals surface area contributed by atoms with Crippen molar-refractivity contribution < 1.29 is 0 Å². The van der Waals surface area contributed by atoms with Crippen LogP contribution in [0.15, 0.2) is 60.7 Å².